The number of thiophene rings is 1. The zero-order chi connectivity index (χ0) is 16.6. The number of nitrogens with zero attached hydrogens (tertiary/aromatic N) is 2. The molecule has 0 spiro atoms. The second-order valence-electron chi connectivity index (χ2n) is 5.17. The summed E-state index contributed by atoms with van der Waals surface area (Å²) in [6, 6.07) is 12.4. The molecule has 1 aromatic carbocycles. The lowest BCUT2D eigenvalue weighted by Gasteiger charge is -2.09. The van der Waals surface area contributed by atoms with E-state index in [-0.39, 0.29) is 0 Å². The number of guanidine groups is 1. The van der Waals surface area contributed by atoms with E-state index in [0.717, 1.165) is 28.8 Å². The predicted octanol–water partition coefficient (Wildman–Crippen LogP) is 4.13. The maximum absolute atomic E-state index is 4.70. The molecule has 2 N–H and O–H groups in total. The monoisotopic (exact) mass is 356 g/mol. The number of thiazole rings is 1. The fourth-order valence-corrected chi connectivity index (χ4v) is 3.59. The van der Waals surface area contributed by atoms with Crippen molar-refractivity contribution in [3.05, 3.63) is 63.1 Å². The minimum atomic E-state index is 0.674. The molecule has 0 aliphatic rings. The van der Waals surface area contributed by atoms with E-state index in [9.17, 15) is 0 Å². The van der Waals surface area contributed by atoms with Gasteiger partial charge in [-0.1, -0.05) is 30.3 Å². The number of hydrogen-bond donors (Lipinski definition) is 2. The van der Waals surface area contributed by atoms with Gasteiger partial charge in [-0.3, -0.25) is 0 Å². The molecule has 0 amide bonds. The van der Waals surface area contributed by atoms with Gasteiger partial charge in [0.1, 0.15) is 5.01 Å². The lowest BCUT2D eigenvalue weighted by molar-refractivity contribution is 0.812. The maximum atomic E-state index is 4.70. The Labute approximate surface area is 150 Å². The van der Waals surface area contributed by atoms with Crippen LogP contribution in [0.25, 0.3) is 11.3 Å². The van der Waals surface area contributed by atoms with Crippen molar-refractivity contribution in [3.63, 3.8) is 0 Å². The third-order valence-electron chi connectivity index (χ3n) is 3.37. The molecule has 0 atom stereocenters. The molecule has 3 aromatic rings. The quantitative estimate of drug-likeness (QED) is 0.516. The summed E-state index contributed by atoms with van der Waals surface area (Å²) in [5.41, 5.74) is 3.41. The Hall–Kier alpha value is -2.18. The Morgan fingerprint density at radius 1 is 1.12 bits per heavy atom. The molecule has 0 radical (unpaired) electrons. The largest absolute Gasteiger partial charge is 0.357 e. The average Bonchev–Trinajstić information content (AvgIpc) is 3.30. The van der Waals surface area contributed by atoms with Crippen LogP contribution in [0.2, 0.25) is 0 Å². The van der Waals surface area contributed by atoms with Gasteiger partial charge in [-0.25, -0.2) is 9.98 Å². The molecule has 0 saturated carbocycles. The van der Waals surface area contributed by atoms with Crippen LogP contribution in [0.3, 0.4) is 0 Å². The van der Waals surface area contributed by atoms with Crippen LogP contribution in [0, 0.1) is 0 Å². The Kier molecular flexibility index (Phi) is 5.98. The summed E-state index contributed by atoms with van der Waals surface area (Å²) in [7, 11) is 0. The van der Waals surface area contributed by atoms with E-state index in [0.29, 0.717) is 13.1 Å². The molecular weight excluding hydrogens is 336 g/mol. The summed E-state index contributed by atoms with van der Waals surface area (Å²) < 4.78 is 0. The van der Waals surface area contributed by atoms with Crippen LogP contribution in [0.1, 0.15) is 17.5 Å². The third-order valence-corrected chi connectivity index (χ3v) is 4.95. The molecule has 4 nitrogen and oxygen atoms in total. The van der Waals surface area contributed by atoms with Gasteiger partial charge in [0.05, 0.1) is 18.8 Å². The molecule has 0 unspecified atom stereocenters. The molecule has 2 heterocycles. The van der Waals surface area contributed by atoms with E-state index in [1.807, 2.05) is 18.2 Å². The first-order chi connectivity index (χ1) is 11.8. The molecule has 3 rings (SSSR count). The van der Waals surface area contributed by atoms with E-state index < -0.39 is 0 Å². The first kappa shape index (κ1) is 16.7. The van der Waals surface area contributed by atoms with E-state index in [2.05, 4.69) is 56.9 Å². The molecule has 0 bridgehead atoms. The number of hydrogen-bond acceptors (Lipinski definition) is 4. The lowest BCUT2D eigenvalue weighted by Crippen LogP contribution is -2.36. The highest BCUT2D eigenvalue weighted by Gasteiger charge is 2.05. The Morgan fingerprint density at radius 3 is 2.75 bits per heavy atom. The van der Waals surface area contributed by atoms with Crippen LogP contribution in [-0.4, -0.2) is 17.5 Å². The molecule has 124 valence electrons. The number of aliphatic imine (C=N–C) groups is 1. The summed E-state index contributed by atoms with van der Waals surface area (Å²) >= 11 is 3.36. The van der Waals surface area contributed by atoms with E-state index in [4.69, 9.17) is 4.98 Å². The minimum Gasteiger partial charge on any atom is -0.357 e. The van der Waals surface area contributed by atoms with Gasteiger partial charge in [0, 0.05) is 17.5 Å². The van der Waals surface area contributed by atoms with Gasteiger partial charge < -0.3 is 10.6 Å². The SMILES string of the molecule is CCNC(=NCc1ccsc1)NCc1nc(-c2ccccc2)cs1. The average molecular weight is 357 g/mol. The van der Waals surface area contributed by atoms with Gasteiger partial charge >= 0.3 is 0 Å². The van der Waals surface area contributed by atoms with Gasteiger partial charge in [-0.05, 0) is 29.3 Å². The Bertz CT molecular complexity index is 763. The summed E-state index contributed by atoms with van der Waals surface area (Å²) in [5, 5.41) is 14.0. The number of benzene rings is 1. The van der Waals surface area contributed by atoms with Gasteiger partial charge in [-0.2, -0.15) is 11.3 Å². The molecule has 6 heteroatoms. The highest BCUT2D eigenvalue weighted by molar-refractivity contribution is 7.10. The lowest BCUT2D eigenvalue weighted by atomic mass is 10.2. The smallest absolute Gasteiger partial charge is 0.191 e. The maximum Gasteiger partial charge on any atom is 0.191 e. The van der Waals surface area contributed by atoms with Crippen molar-refractivity contribution in [3.8, 4) is 11.3 Å². The predicted molar refractivity (Wildman–Crippen MR) is 104 cm³/mol. The number of nitrogens with one attached hydrogen (secondary N) is 2. The van der Waals surface area contributed by atoms with Crippen LogP contribution in [-0.2, 0) is 13.1 Å². The van der Waals surface area contributed by atoms with Crippen molar-refractivity contribution in [2.45, 2.75) is 20.0 Å². The van der Waals surface area contributed by atoms with Crippen LogP contribution < -0.4 is 10.6 Å². The standard InChI is InChI=1S/C18H20N4S2/c1-2-19-18(20-10-14-8-9-23-12-14)21-11-17-22-16(13-24-17)15-6-4-3-5-7-15/h3-9,12-13H,2,10-11H2,1H3,(H2,19,20,21). The number of aromatic nitrogens is 1. The second kappa shape index (κ2) is 8.61. The Morgan fingerprint density at radius 2 is 2.00 bits per heavy atom. The van der Waals surface area contributed by atoms with Crippen LogP contribution >= 0.6 is 22.7 Å². The van der Waals surface area contributed by atoms with Crippen molar-refractivity contribution >= 4 is 28.6 Å². The van der Waals surface area contributed by atoms with Crippen LogP contribution in [0.5, 0.6) is 0 Å². The molecule has 0 aliphatic carbocycles. The zero-order valence-electron chi connectivity index (χ0n) is 13.5. The van der Waals surface area contributed by atoms with Crippen LogP contribution in [0.4, 0.5) is 0 Å². The fourth-order valence-electron chi connectivity index (χ4n) is 2.19. The molecular formula is C18H20N4S2. The van der Waals surface area contributed by atoms with Gasteiger partial charge in [0.15, 0.2) is 5.96 Å². The van der Waals surface area contributed by atoms with E-state index in [1.165, 1.54) is 5.56 Å². The van der Waals surface area contributed by atoms with Gasteiger partial charge in [-0.15, -0.1) is 11.3 Å². The first-order valence-corrected chi connectivity index (χ1v) is 9.70. The van der Waals surface area contributed by atoms with Crippen molar-refractivity contribution < 1.29 is 0 Å². The Balaban J connectivity index is 1.60. The van der Waals surface area contributed by atoms with Gasteiger partial charge in [0.25, 0.3) is 0 Å². The van der Waals surface area contributed by atoms with Crippen molar-refractivity contribution in [2.75, 3.05) is 6.54 Å². The van der Waals surface area contributed by atoms with Crippen molar-refractivity contribution in [2.24, 2.45) is 4.99 Å². The van der Waals surface area contributed by atoms with Gasteiger partial charge in [0.2, 0.25) is 0 Å². The van der Waals surface area contributed by atoms with Crippen molar-refractivity contribution in [1.82, 2.24) is 15.6 Å². The summed E-state index contributed by atoms with van der Waals surface area (Å²) in [6.07, 6.45) is 0. The van der Waals surface area contributed by atoms with E-state index >= 15 is 0 Å². The first-order valence-electron chi connectivity index (χ1n) is 7.88. The fraction of sp³-hybridized carbons (Fsp3) is 0.222. The molecule has 0 fully saturated rings. The molecule has 0 saturated heterocycles. The molecule has 2 aromatic heterocycles. The molecule has 0 aliphatic heterocycles. The van der Waals surface area contributed by atoms with E-state index in [1.54, 1.807) is 22.7 Å². The topological polar surface area (TPSA) is 49.3 Å². The highest BCUT2D eigenvalue weighted by Crippen LogP contribution is 2.21. The zero-order valence-corrected chi connectivity index (χ0v) is 15.2. The second-order valence-corrected chi connectivity index (χ2v) is 6.90. The minimum absolute atomic E-state index is 0.674. The normalized spacial score (nSPS) is 11.5. The molecule has 24 heavy (non-hydrogen) atoms. The third kappa shape index (κ3) is 4.66. The van der Waals surface area contributed by atoms with Crippen molar-refractivity contribution in [1.29, 1.82) is 0 Å². The highest BCUT2D eigenvalue weighted by atomic mass is 32.1. The number of rotatable bonds is 6. The summed E-state index contributed by atoms with van der Waals surface area (Å²) in [4.78, 5) is 9.31. The van der Waals surface area contributed by atoms with Crippen LogP contribution in [0.15, 0.2) is 57.5 Å². The summed E-state index contributed by atoms with van der Waals surface area (Å²) in [6.45, 7) is 4.26. The summed E-state index contributed by atoms with van der Waals surface area (Å²) in [5.74, 6) is 0.820.